The molecule has 4 aromatic rings. The largest absolute Gasteiger partial charge is 0.323 e. The molecule has 9 heteroatoms. The highest BCUT2D eigenvalue weighted by molar-refractivity contribution is 7.99. The number of thiophene rings is 1. The normalized spacial score (nSPS) is 10.9. The van der Waals surface area contributed by atoms with Crippen LogP contribution >= 0.6 is 23.1 Å². The van der Waals surface area contributed by atoms with Crippen LogP contribution in [0.1, 0.15) is 16.3 Å². The molecule has 0 aliphatic heterocycles. The number of amides is 1. The van der Waals surface area contributed by atoms with E-state index in [2.05, 4.69) is 33.7 Å². The topological polar surface area (TPSA) is 59.8 Å². The second-order valence-electron chi connectivity index (χ2n) is 7.00. The Kier molecular flexibility index (Phi) is 7.28. The Morgan fingerprint density at radius 3 is 2.69 bits per heavy atom. The van der Waals surface area contributed by atoms with Crippen molar-refractivity contribution in [2.75, 3.05) is 11.1 Å². The molecular formula is C23H20F2N4OS2. The van der Waals surface area contributed by atoms with E-state index in [1.165, 1.54) is 22.2 Å². The summed E-state index contributed by atoms with van der Waals surface area (Å²) in [5, 5.41) is 13.7. The van der Waals surface area contributed by atoms with Gasteiger partial charge in [0.25, 0.3) is 0 Å². The molecule has 2 aromatic heterocycles. The van der Waals surface area contributed by atoms with Gasteiger partial charge >= 0.3 is 0 Å². The molecule has 2 aromatic carbocycles. The van der Waals surface area contributed by atoms with Crippen molar-refractivity contribution >= 4 is 34.7 Å². The van der Waals surface area contributed by atoms with Gasteiger partial charge in [0.1, 0.15) is 17.5 Å². The van der Waals surface area contributed by atoms with Crippen LogP contribution in [-0.2, 0) is 24.2 Å². The van der Waals surface area contributed by atoms with E-state index >= 15 is 0 Å². The van der Waals surface area contributed by atoms with Crippen molar-refractivity contribution in [3.05, 3.63) is 93.9 Å². The van der Waals surface area contributed by atoms with Crippen molar-refractivity contribution in [2.45, 2.75) is 24.5 Å². The second-order valence-corrected chi connectivity index (χ2v) is 8.98. The minimum absolute atomic E-state index is 0.00156. The van der Waals surface area contributed by atoms with Gasteiger partial charge in [-0.15, -0.1) is 21.5 Å². The maximum Gasteiger partial charge on any atom is 0.234 e. The Labute approximate surface area is 192 Å². The highest BCUT2D eigenvalue weighted by Gasteiger charge is 2.16. The van der Waals surface area contributed by atoms with Gasteiger partial charge in [-0.2, -0.15) is 0 Å². The molecule has 0 saturated carbocycles. The van der Waals surface area contributed by atoms with E-state index in [0.29, 0.717) is 18.1 Å². The number of hydrogen-bond acceptors (Lipinski definition) is 5. The lowest BCUT2D eigenvalue weighted by molar-refractivity contribution is -0.113. The number of carbonyl (C=O) groups excluding carboxylic acids is 1. The third kappa shape index (κ3) is 5.80. The summed E-state index contributed by atoms with van der Waals surface area (Å²) in [6.07, 6.45) is 1.45. The van der Waals surface area contributed by atoms with Gasteiger partial charge in [-0.25, -0.2) is 8.78 Å². The van der Waals surface area contributed by atoms with Gasteiger partial charge in [-0.05, 0) is 35.6 Å². The fraction of sp³-hybridized carbons (Fsp3) is 0.174. The van der Waals surface area contributed by atoms with E-state index in [9.17, 15) is 13.6 Å². The smallest absolute Gasteiger partial charge is 0.234 e. The molecule has 0 aliphatic rings. The number of aryl methyl sites for hydroxylation is 1. The lowest BCUT2D eigenvalue weighted by atomic mass is 10.1. The van der Waals surface area contributed by atoms with E-state index in [1.807, 2.05) is 34.2 Å². The molecule has 0 fully saturated rings. The summed E-state index contributed by atoms with van der Waals surface area (Å²) in [5.74, 6) is -0.931. The van der Waals surface area contributed by atoms with Crippen LogP contribution in [0.3, 0.4) is 0 Å². The van der Waals surface area contributed by atoms with Gasteiger partial charge in [0.05, 0.1) is 11.4 Å². The summed E-state index contributed by atoms with van der Waals surface area (Å²) in [6, 6.07) is 17.1. The minimum Gasteiger partial charge on any atom is -0.323 e. The van der Waals surface area contributed by atoms with E-state index in [4.69, 9.17) is 0 Å². The van der Waals surface area contributed by atoms with Crippen molar-refractivity contribution < 1.29 is 13.6 Å². The summed E-state index contributed by atoms with van der Waals surface area (Å²) in [4.78, 5) is 13.5. The number of carbonyl (C=O) groups is 1. The first-order valence-corrected chi connectivity index (χ1v) is 11.8. The van der Waals surface area contributed by atoms with Crippen molar-refractivity contribution in [3.63, 3.8) is 0 Å². The average Bonchev–Trinajstić information content (AvgIpc) is 3.44. The zero-order valence-corrected chi connectivity index (χ0v) is 18.6. The van der Waals surface area contributed by atoms with Crippen LogP contribution < -0.4 is 5.32 Å². The van der Waals surface area contributed by atoms with Crippen LogP contribution in [-0.4, -0.2) is 26.4 Å². The summed E-state index contributed by atoms with van der Waals surface area (Å²) in [5.41, 5.74) is 1.01. The first-order valence-electron chi connectivity index (χ1n) is 9.94. The van der Waals surface area contributed by atoms with Crippen LogP contribution in [0.2, 0.25) is 0 Å². The number of nitrogens with one attached hydrogen (secondary N) is 1. The first-order chi connectivity index (χ1) is 15.6. The molecule has 1 amide bonds. The average molecular weight is 471 g/mol. The molecule has 0 radical (unpaired) electrons. The van der Waals surface area contributed by atoms with Gasteiger partial charge < -0.3 is 9.88 Å². The maximum atomic E-state index is 13.8. The minimum atomic E-state index is -0.686. The Hall–Kier alpha value is -3.04. The van der Waals surface area contributed by atoms with Crippen LogP contribution in [0.25, 0.3) is 0 Å². The van der Waals surface area contributed by atoms with Gasteiger partial charge in [-0.3, -0.25) is 4.79 Å². The number of halogens is 2. The van der Waals surface area contributed by atoms with Gasteiger partial charge in [-0.1, -0.05) is 48.2 Å². The van der Waals surface area contributed by atoms with Crippen LogP contribution in [0, 0.1) is 11.6 Å². The number of hydrogen-bond donors (Lipinski definition) is 1. The third-order valence-electron chi connectivity index (χ3n) is 4.71. The highest BCUT2D eigenvalue weighted by Crippen LogP contribution is 2.22. The zero-order valence-electron chi connectivity index (χ0n) is 17.0. The standard InChI is InChI=1S/C23H20F2N4OS2/c24-17-8-9-19(25)20(13-17)26-22(30)15-32-23-28-27-21(14-18-7-4-12-31-18)29(23)11-10-16-5-2-1-3-6-16/h1-9,12-13H,10-11,14-15H2,(H,26,30). The van der Waals surface area contributed by atoms with E-state index < -0.39 is 17.5 Å². The number of anilines is 1. The number of aromatic nitrogens is 3. The number of nitrogens with zero attached hydrogens (tertiary/aromatic N) is 3. The van der Waals surface area contributed by atoms with Crippen molar-refractivity contribution in [1.29, 1.82) is 0 Å². The Bertz CT molecular complexity index is 1180. The molecule has 4 rings (SSSR count). The summed E-state index contributed by atoms with van der Waals surface area (Å²) < 4.78 is 29.2. The quantitative estimate of drug-likeness (QED) is 0.343. The molecule has 1 N–H and O–H groups in total. The molecule has 0 bridgehead atoms. The number of rotatable bonds is 9. The summed E-state index contributed by atoms with van der Waals surface area (Å²) >= 11 is 2.87. The molecule has 0 atom stereocenters. The summed E-state index contributed by atoms with van der Waals surface area (Å²) in [6.45, 7) is 0.667. The van der Waals surface area contributed by atoms with Crippen LogP contribution in [0.4, 0.5) is 14.5 Å². The molecule has 32 heavy (non-hydrogen) atoms. The molecule has 0 saturated heterocycles. The lowest BCUT2D eigenvalue weighted by Crippen LogP contribution is -2.16. The Balaban J connectivity index is 1.46. The monoisotopic (exact) mass is 470 g/mol. The van der Waals surface area contributed by atoms with Gasteiger partial charge in [0.15, 0.2) is 5.16 Å². The predicted octanol–water partition coefficient (Wildman–Crippen LogP) is 5.18. The fourth-order valence-corrected chi connectivity index (χ4v) is 4.63. The number of benzene rings is 2. The van der Waals surface area contributed by atoms with E-state index in [1.54, 1.807) is 11.3 Å². The third-order valence-corrected chi connectivity index (χ3v) is 6.55. The van der Waals surface area contributed by atoms with E-state index in [0.717, 1.165) is 30.4 Å². The molecule has 0 aliphatic carbocycles. The molecule has 164 valence electrons. The summed E-state index contributed by atoms with van der Waals surface area (Å²) in [7, 11) is 0. The van der Waals surface area contributed by atoms with Gasteiger partial charge in [0, 0.05) is 23.9 Å². The SMILES string of the molecule is O=C(CSc1nnc(Cc2cccs2)n1CCc1ccccc1)Nc1cc(F)ccc1F. The van der Waals surface area contributed by atoms with Crippen LogP contribution in [0.15, 0.2) is 71.2 Å². The zero-order chi connectivity index (χ0) is 22.3. The maximum absolute atomic E-state index is 13.8. The molecule has 5 nitrogen and oxygen atoms in total. The molecule has 0 unspecified atom stereocenters. The lowest BCUT2D eigenvalue weighted by Gasteiger charge is -2.10. The van der Waals surface area contributed by atoms with Crippen molar-refractivity contribution in [1.82, 2.24) is 14.8 Å². The van der Waals surface area contributed by atoms with Gasteiger partial charge in [0.2, 0.25) is 5.91 Å². The molecule has 2 heterocycles. The predicted molar refractivity (Wildman–Crippen MR) is 123 cm³/mol. The Morgan fingerprint density at radius 1 is 1.06 bits per heavy atom. The van der Waals surface area contributed by atoms with Crippen molar-refractivity contribution in [3.8, 4) is 0 Å². The number of thioether (sulfide) groups is 1. The fourth-order valence-electron chi connectivity index (χ4n) is 3.15. The van der Waals surface area contributed by atoms with Crippen LogP contribution in [0.5, 0.6) is 0 Å². The molecule has 0 spiro atoms. The Morgan fingerprint density at radius 2 is 1.91 bits per heavy atom. The second kappa shape index (κ2) is 10.5. The van der Waals surface area contributed by atoms with Crippen molar-refractivity contribution in [2.24, 2.45) is 0 Å². The first kappa shape index (κ1) is 22.2. The molecular weight excluding hydrogens is 450 g/mol. The van der Waals surface area contributed by atoms with E-state index in [-0.39, 0.29) is 11.4 Å². The highest BCUT2D eigenvalue weighted by atomic mass is 32.2.